The van der Waals surface area contributed by atoms with Gasteiger partial charge in [0.15, 0.2) is 0 Å². The molecule has 0 N–H and O–H groups in total. The minimum atomic E-state index is -4.93. The lowest BCUT2D eigenvalue weighted by Crippen LogP contribution is -2.56. The molecule has 2 bridgehead atoms. The normalized spacial score (nSPS) is 24.7. The lowest BCUT2D eigenvalue weighted by Gasteiger charge is -2.50. The molecule has 4 unspecified atom stereocenters. The molecule has 12 heteroatoms. The molecule has 2 saturated heterocycles. The highest BCUT2D eigenvalue weighted by molar-refractivity contribution is 5.35. The van der Waals surface area contributed by atoms with Gasteiger partial charge in [-0.25, -0.2) is 4.68 Å². The molecular formula is C30H27F6N5O. The average Bonchev–Trinajstić information content (AvgIpc) is 3.57. The average molecular weight is 588 g/mol. The first-order valence-electron chi connectivity index (χ1n) is 13.5. The number of rotatable bonds is 7. The van der Waals surface area contributed by atoms with Crippen molar-refractivity contribution in [2.75, 3.05) is 0 Å². The quantitative estimate of drug-likeness (QED) is 0.223. The Kier molecular flexibility index (Phi) is 7.30. The number of nitrogens with zero attached hydrogens (tertiary/aromatic N) is 5. The minimum Gasteiger partial charge on any atom is -0.371 e. The van der Waals surface area contributed by atoms with E-state index in [4.69, 9.17) is 4.74 Å². The second-order valence-corrected chi connectivity index (χ2v) is 10.8. The number of hydrogen-bond acceptors (Lipinski definition) is 5. The van der Waals surface area contributed by atoms with E-state index < -0.39 is 41.7 Å². The Balaban J connectivity index is 1.40. The lowest BCUT2D eigenvalue weighted by atomic mass is 9.78. The molecule has 0 amide bonds. The van der Waals surface area contributed by atoms with E-state index in [0.717, 1.165) is 23.3 Å². The Bertz CT molecular complexity index is 1460. The van der Waals surface area contributed by atoms with Gasteiger partial charge in [-0.1, -0.05) is 60.7 Å². The van der Waals surface area contributed by atoms with Crippen LogP contribution in [0.5, 0.6) is 0 Å². The Morgan fingerprint density at radius 3 is 2.02 bits per heavy atom. The summed E-state index contributed by atoms with van der Waals surface area (Å²) in [6.07, 6.45) is -7.07. The number of ether oxygens (including phenoxy) is 1. The van der Waals surface area contributed by atoms with Crippen LogP contribution < -0.4 is 0 Å². The number of aromatic nitrogens is 4. The maximum atomic E-state index is 13.5. The molecule has 3 heterocycles. The van der Waals surface area contributed by atoms with Gasteiger partial charge in [0.1, 0.15) is 6.33 Å². The molecule has 0 saturated carbocycles. The zero-order valence-corrected chi connectivity index (χ0v) is 22.3. The number of piperidine rings is 1. The Morgan fingerprint density at radius 2 is 1.43 bits per heavy atom. The van der Waals surface area contributed by atoms with Crippen LogP contribution in [0.15, 0.2) is 85.2 Å². The van der Waals surface area contributed by atoms with Gasteiger partial charge in [0.05, 0.1) is 35.4 Å². The van der Waals surface area contributed by atoms with E-state index in [9.17, 15) is 26.3 Å². The number of halogens is 6. The summed E-state index contributed by atoms with van der Waals surface area (Å²) in [5, 5.41) is 11.9. The van der Waals surface area contributed by atoms with Crippen LogP contribution in [0.2, 0.25) is 0 Å². The minimum absolute atomic E-state index is 0.0131. The molecule has 0 radical (unpaired) electrons. The first-order chi connectivity index (χ1) is 20.1. The van der Waals surface area contributed by atoms with Gasteiger partial charge in [-0.05, 0) is 64.6 Å². The Labute approximate surface area is 237 Å². The summed E-state index contributed by atoms with van der Waals surface area (Å²) in [5.41, 5.74) is -1.64. The van der Waals surface area contributed by atoms with E-state index in [0.29, 0.717) is 25.8 Å². The number of benzene rings is 3. The van der Waals surface area contributed by atoms with E-state index >= 15 is 0 Å². The van der Waals surface area contributed by atoms with Crippen molar-refractivity contribution < 1.29 is 31.1 Å². The van der Waals surface area contributed by atoms with Crippen molar-refractivity contribution in [1.29, 1.82) is 0 Å². The third-order valence-electron chi connectivity index (χ3n) is 8.41. The largest absolute Gasteiger partial charge is 0.416 e. The molecule has 2 aliphatic rings. The van der Waals surface area contributed by atoms with Crippen molar-refractivity contribution in [2.24, 2.45) is 0 Å². The Morgan fingerprint density at radius 1 is 0.786 bits per heavy atom. The van der Waals surface area contributed by atoms with Crippen LogP contribution in [-0.4, -0.2) is 37.3 Å². The molecule has 42 heavy (non-hydrogen) atoms. The molecule has 6 rings (SSSR count). The van der Waals surface area contributed by atoms with E-state index in [1.807, 2.05) is 60.7 Å². The monoisotopic (exact) mass is 587 g/mol. The molecular weight excluding hydrogens is 560 g/mol. The van der Waals surface area contributed by atoms with Crippen molar-refractivity contribution in [3.8, 4) is 0 Å². The topological polar surface area (TPSA) is 56.1 Å². The maximum Gasteiger partial charge on any atom is 0.416 e. The van der Waals surface area contributed by atoms with Crippen molar-refractivity contribution in [1.82, 2.24) is 25.1 Å². The van der Waals surface area contributed by atoms with Crippen LogP contribution in [0.25, 0.3) is 0 Å². The van der Waals surface area contributed by atoms with Crippen molar-refractivity contribution >= 4 is 0 Å². The van der Waals surface area contributed by atoms with Gasteiger partial charge < -0.3 is 4.74 Å². The van der Waals surface area contributed by atoms with Gasteiger partial charge in [0.2, 0.25) is 0 Å². The van der Waals surface area contributed by atoms with Crippen LogP contribution in [0.1, 0.15) is 53.1 Å². The molecule has 0 aliphatic carbocycles. The van der Waals surface area contributed by atoms with E-state index in [1.54, 1.807) is 11.0 Å². The van der Waals surface area contributed by atoms with Crippen molar-refractivity contribution in [2.45, 2.75) is 68.5 Å². The molecule has 2 fully saturated rings. The molecule has 220 valence electrons. The van der Waals surface area contributed by atoms with Gasteiger partial charge in [-0.3, -0.25) is 4.90 Å². The predicted molar refractivity (Wildman–Crippen MR) is 140 cm³/mol. The van der Waals surface area contributed by atoms with Crippen LogP contribution in [-0.2, 0) is 35.8 Å². The Hall–Kier alpha value is -3.77. The van der Waals surface area contributed by atoms with Gasteiger partial charge >= 0.3 is 12.4 Å². The SMILES string of the molecule is FC(F)(F)c1cc(COC2CCC3C(n4cnnn4)CC2(c2ccccc2)N3Cc2ccccc2)cc(C(F)(F)F)c1. The molecule has 0 spiro atoms. The van der Waals surface area contributed by atoms with E-state index in [2.05, 4.69) is 20.4 Å². The summed E-state index contributed by atoms with van der Waals surface area (Å²) in [7, 11) is 0. The second-order valence-electron chi connectivity index (χ2n) is 10.8. The first kappa shape index (κ1) is 28.4. The zero-order chi connectivity index (χ0) is 29.5. The highest BCUT2D eigenvalue weighted by Crippen LogP contribution is 2.56. The van der Waals surface area contributed by atoms with Crippen LogP contribution in [0.4, 0.5) is 26.3 Å². The number of hydrogen-bond donors (Lipinski definition) is 0. The van der Waals surface area contributed by atoms with Gasteiger partial charge in [-0.15, -0.1) is 5.10 Å². The van der Waals surface area contributed by atoms with E-state index in [-0.39, 0.29) is 23.7 Å². The van der Waals surface area contributed by atoms with Crippen molar-refractivity contribution in [3.05, 3.63) is 113 Å². The molecule has 1 aromatic heterocycles. The summed E-state index contributed by atoms with van der Waals surface area (Å²) in [4.78, 5) is 2.35. The lowest BCUT2D eigenvalue weighted by molar-refractivity contribution is -0.143. The van der Waals surface area contributed by atoms with Crippen LogP contribution in [0, 0.1) is 0 Å². The second kappa shape index (κ2) is 10.8. The summed E-state index contributed by atoms with van der Waals surface area (Å²) in [6, 6.07) is 21.1. The van der Waals surface area contributed by atoms with Crippen LogP contribution >= 0.6 is 0 Å². The number of tetrazole rings is 1. The smallest absolute Gasteiger partial charge is 0.371 e. The molecule has 6 nitrogen and oxygen atoms in total. The standard InChI is InChI=1S/C30H27F6N5O/c31-29(32,33)23-13-21(14-24(15-23)30(34,35)36)18-42-27-12-11-25-26(41-19-37-38-39-41)16-28(27,22-9-5-2-6-10-22)40(25)17-20-7-3-1-4-8-20/h1-10,13-15,19,25-27H,11-12,16-18H2. The molecule has 4 aromatic rings. The fourth-order valence-corrected chi connectivity index (χ4v) is 6.65. The van der Waals surface area contributed by atoms with Crippen LogP contribution in [0.3, 0.4) is 0 Å². The molecule has 2 aliphatic heterocycles. The zero-order valence-electron chi connectivity index (χ0n) is 22.3. The fourth-order valence-electron chi connectivity index (χ4n) is 6.65. The third-order valence-corrected chi connectivity index (χ3v) is 8.41. The summed E-state index contributed by atoms with van der Waals surface area (Å²) < 4.78 is 89.4. The summed E-state index contributed by atoms with van der Waals surface area (Å²) in [5.74, 6) is 0. The maximum absolute atomic E-state index is 13.5. The van der Waals surface area contributed by atoms with Gasteiger partial charge in [0.25, 0.3) is 0 Å². The predicted octanol–water partition coefficient (Wildman–Crippen LogP) is 6.80. The van der Waals surface area contributed by atoms with E-state index in [1.165, 1.54) is 0 Å². The highest BCUT2D eigenvalue weighted by atomic mass is 19.4. The summed E-state index contributed by atoms with van der Waals surface area (Å²) in [6.45, 7) is 0.145. The number of alkyl halides is 6. The molecule has 4 atom stereocenters. The first-order valence-corrected chi connectivity index (χ1v) is 13.5. The third kappa shape index (κ3) is 5.29. The fraction of sp³-hybridized carbons (Fsp3) is 0.367. The van der Waals surface area contributed by atoms with Crippen molar-refractivity contribution in [3.63, 3.8) is 0 Å². The van der Waals surface area contributed by atoms with Gasteiger partial charge in [0, 0.05) is 12.6 Å². The molecule has 3 aromatic carbocycles. The highest BCUT2D eigenvalue weighted by Gasteiger charge is 2.60. The number of fused-ring (bicyclic) bond motifs is 2. The summed E-state index contributed by atoms with van der Waals surface area (Å²) >= 11 is 0. The van der Waals surface area contributed by atoms with Gasteiger partial charge in [-0.2, -0.15) is 26.3 Å².